The highest BCUT2D eigenvalue weighted by Crippen LogP contribution is 2.24. The van der Waals surface area contributed by atoms with Gasteiger partial charge in [-0.05, 0) is 47.2 Å². The van der Waals surface area contributed by atoms with Gasteiger partial charge in [-0.15, -0.1) is 0 Å². The molecule has 2 aromatic carbocycles. The van der Waals surface area contributed by atoms with E-state index in [1.165, 1.54) is 36.4 Å². The predicted molar refractivity (Wildman–Crippen MR) is 97.9 cm³/mol. The average Bonchev–Trinajstić information content (AvgIpc) is 2.60. The molecule has 9 heteroatoms. The topological polar surface area (TPSA) is 140 Å². The van der Waals surface area contributed by atoms with Crippen LogP contribution in [0.15, 0.2) is 67.9 Å². The number of hydrogen-bond donors (Lipinski definition) is 4. The summed E-state index contributed by atoms with van der Waals surface area (Å²) in [5, 5.41) is 19.7. The van der Waals surface area contributed by atoms with Gasteiger partial charge < -0.3 is 20.2 Å². The Morgan fingerprint density at radius 3 is 1.48 bits per heavy atom. The molecule has 0 radical (unpaired) electrons. The van der Waals surface area contributed by atoms with E-state index in [1.807, 2.05) is 0 Å². The van der Waals surface area contributed by atoms with Crippen LogP contribution in [-0.4, -0.2) is 28.6 Å². The van der Waals surface area contributed by atoms with E-state index >= 15 is 0 Å². The highest BCUT2D eigenvalue weighted by Gasteiger charge is 2.25. The number of hydrogen-bond acceptors (Lipinski definition) is 6. The molecular weight excluding hydrogens is 372 g/mol. The third kappa shape index (κ3) is 2.74. The number of phenols is 2. The molecule has 0 amide bonds. The number of aromatic nitrogens is 2. The molecule has 27 heavy (non-hydrogen) atoms. The van der Waals surface area contributed by atoms with Crippen LogP contribution in [-0.2, 0) is 9.84 Å². The molecule has 0 saturated heterocycles. The summed E-state index contributed by atoms with van der Waals surface area (Å²) in [5.41, 5.74) is -1.28. The maximum absolute atomic E-state index is 13.0. The molecular formula is C18H12N2O6S. The van der Waals surface area contributed by atoms with Gasteiger partial charge in [-0.2, -0.15) is 0 Å². The largest absolute Gasteiger partial charge is 0.508 e. The summed E-state index contributed by atoms with van der Waals surface area (Å²) in [6.45, 7) is 0. The summed E-state index contributed by atoms with van der Waals surface area (Å²) >= 11 is 0. The van der Waals surface area contributed by atoms with Crippen LogP contribution in [0.5, 0.6) is 11.5 Å². The Morgan fingerprint density at radius 1 is 0.667 bits per heavy atom. The van der Waals surface area contributed by atoms with Crippen molar-refractivity contribution in [2.24, 2.45) is 0 Å². The highest BCUT2D eigenvalue weighted by atomic mass is 32.2. The number of aromatic hydroxyl groups is 2. The summed E-state index contributed by atoms with van der Waals surface area (Å²) in [6.07, 6.45) is 0. The van der Waals surface area contributed by atoms with Crippen LogP contribution >= 0.6 is 0 Å². The summed E-state index contributed by atoms with van der Waals surface area (Å²) in [5.74, 6) is -0.161. The molecule has 4 N–H and O–H groups in total. The number of sulfone groups is 1. The number of pyridine rings is 2. The van der Waals surface area contributed by atoms with Gasteiger partial charge in [-0.3, -0.25) is 9.59 Å². The lowest BCUT2D eigenvalue weighted by Crippen LogP contribution is -2.23. The zero-order valence-electron chi connectivity index (χ0n) is 13.6. The Labute approximate surface area is 151 Å². The smallest absolute Gasteiger partial charge is 0.267 e. The second-order valence-corrected chi connectivity index (χ2v) is 7.86. The van der Waals surface area contributed by atoms with Crippen molar-refractivity contribution in [3.05, 3.63) is 69.2 Å². The van der Waals surface area contributed by atoms with Crippen LogP contribution in [0.2, 0.25) is 0 Å². The molecule has 0 fully saturated rings. The fourth-order valence-corrected chi connectivity index (χ4v) is 4.25. The molecule has 0 unspecified atom stereocenters. The predicted octanol–water partition coefficient (Wildman–Crippen LogP) is 1.61. The van der Waals surface area contributed by atoms with Gasteiger partial charge in [0.1, 0.15) is 21.3 Å². The van der Waals surface area contributed by atoms with Crippen LogP contribution in [0.1, 0.15) is 0 Å². The standard InChI is InChI=1S/C18H12N2O6S/c21-11-3-1-9-5-15(17(23)19-13(9)7-11)27(25,26)16-6-10-2-4-12(22)8-14(10)20-18(16)24/h1-8,21-22H,(H,19,23)(H,20,24). The monoisotopic (exact) mass is 384 g/mol. The van der Waals surface area contributed by atoms with Crippen molar-refractivity contribution in [2.75, 3.05) is 0 Å². The molecule has 0 aliphatic rings. The molecule has 8 nitrogen and oxygen atoms in total. The van der Waals surface area contributed by atoms with Gasteiger partial charge in [-0.25, -0.2) is 8.42 Å². The van der Waals surface area contributed by atoms with Crippen LogP contribution in [0, 0.1) is 0 Å². The molecule has 0 atom stereocenters. The van der Waals surface area contributed by atoms with E-state index < -0.39 is 30.7 Å². The van der Waals surface area contributed by atoms with E-state index in [-0.39, 0.29) is 22.5 Å². The Bertz CT molecular complexity index is 1350. The van der Waals surface area contributed by atoms with Crippen molar-refractivity contribution in [3.8, 4) is 11.5 Å². The van der Waals surface area contributed by atoms with E-state index in [1.54, 1.807) is 0 Å². The molecule has 0 spiro atoms. The number of rotatable bonds is 2. The zero-order valence-corrected chi connectivity index (χ0v) is 14.4. The second-order valence-electron chi connectivity index (χ2n) is 5.97. The lowest BCUT2D eigenvalue weighted by molar-refractivity contribution is 0.475. The molecule has 0 bridgehead atoms. The Morgan fingerprint density at radius 2 is 1.07 bits per heavy atom. The number of phenolic OH excluding ortho intramolecular Hbond substituents is 2. The van der Waals surface area contributed by atoms with Gasteiger partial charge in [0, 0.05) is 12.1 Å². The van der Waals surface area contributed by atoms with Gasteiger partial charge in [0.15, 0.2) is 0 Å². The molecule has 0 aliphatic carbocycles. The van der Waals surface area contributed by atoms with Gasteiger partial charge in [-0.1, -0.05) is 0 Å². The Balaban J connectivity index is 1.99. The number of nitrogens with one attached hydrogen (secondary N) is 2. The van der Waals surface area contributed by atoms with E-state index in [0.29, 0.717) is 10.8 Å². The van der Waals surface area contributed by atoms with Gasteiger partial charge >= 0.3 is 0 Å². The second kappa shape index (κ2) is 5.71. The van der Waals surface area contributed by atoms with Crippen molar-refractivity contribution < 1.29 is 18.6 Å². The van der Waals surface area contributed by atoms with E-state index in [0.717, 1.165) is 12.1 Å². The summed E-state index contributed by atoms with van der Waals surface area (Å²) in [7, 11) is -4.42. The summed E-state index contributed by atoms with van der Waals surface area (Å²) < 4.78 is 25.9. The first-order valence-electron chi connectivity index (χ1n) is 7.73. The normalized spacial score (nSPS) is 11.9. The van der Waals surface area contributed by atoms with Crippen molar-refractivity contribution in [1.29, 1.82) is 0 Å². The quantitative estimate of drug-likeness (QED) is 0.414. The van der Waals surface area contributed by atoms with Gasteiger partial charge in [0.25, 0.3) is 11.1 Å². The maximum Gasteiger partial charge on any atom is 0.267 e. The van der Waals surface area contributed by atoms with Crippen LogP contribution in [0.25, 0.3) is 21.8 Å². The molecule has 2 aromatic heterocycles. The number of H-pyrrole nitrogens is 2. The third-order valence-electron chi connectivity index (χ3n) is 4.17. The Kier molecular flexibility index (Phi) is 3.57. The lowest BCUT2D eigenvalue weighted by Gasteiger charge is -2.07. The molecule has 136 valence electrons. The number of benzene rings is 2. The average molecular weight is 384 g/mol. The van der Waals surface area contributed by atoms with E-state index in [4.69, 9.17) is 0 Å². The minimum atomic E-state index is -4.42. The lowest BCUT2D eigenvalue weighted by atomic mass is 10.2. The molecule has 2 heterocycles. The summed E-state index contributed by atoms with van der Waals surface area (Å²) in [4.78, 5) is 28.3. The zero-order chi connectivity index (χ0) is 19.3. The van der Waals surface area contributed by atoms with E-state index in [2.05, 4.69) is 9.97 Å². The maximum atomic E-state index is 13.0. The Hall–Kier alpha value is -3.59. The molecule has 4 rings (SSSR count). The highest BCUT2D eigenvalue weighted by molar-refractivity contribution is 7.91. The van der Waals surface area contributed by atoms with Crippen LogP contribution in [0.4, 0.5) is 0 Å². The number of fused-ring (bicyclic) bond motifs is 2. The van der Waals surface area contributed by atoms with Crippen molar-refractivity contribution in [1.82, 2.24) is 9.97 Å². The minimum Gasteiger partial charge on any atom is -0.508 e. The van der Waals surface area contributed by atoms with Crippen LogP contribution in [0.3, 0.4) is 0 Å². The van der Waals surface area contributed by atoms with Crippen molar-refractivity contribution in [2.45, 2.75) is 9.79 Å². The number of aromatic amines is 2. The van der Waals surface area contributed by atoms with Gasteiger partial charge in [0.2, 0.25) is 9.84 Å². The molecule has 0 saturated carbocycles. The first kappa shape index (κ1) is 16.9. The summed E-state index contributed by atoms with van der Waals surface area (Å²) in [6, 6.07) is 10.5. The fraction of sp³-hybridized carbons (Fsp3) is 0. The van der Waals surface area contributed by atoms with Crippen molar-refractivity contribution in [3.63, 3.8) is 0 Å². The van der Waals surface area contributed by atoms with Crippen molar-refractivity contribution >= 4 is 31.6 Å². The minimum absolute atomic E-state index is 0.0806. The van der Waals surface area contributed by atoms with E-state index in [9.17, 15) is 28.2 Å². The van der Waals surface area contributed by atoms with Gasteiger partial charge in [0.05, 0.1) is 11.0 Å². The first-order valence-corrected chi connectivity index (χ1v) is 9.21. The fourth-order valence-electron chi connectivity index (χ4n) is 2.86. The molecule has 4 aromatic rings. The third-order valence-corrected chi connectivity index (χ3v) is 5.93. The first-order chi connectivity index (χ1) is 12.8. The SMILES string of the molecule is O=c1[nH]c2cc(O)ccc2cc1S(=O)(=O)c1cc2ccc(O)cc2[nH]c1=O. The van der Waals surface area contributed by atoms with Crippen LogP contribution < -0.4 is 11.1 Å². The molecule has 0 aliphatic heterocycles.